The van der Waals surface area contributed by atoms with Crippen molar-refractivity contribution in [1.82, 2.24) is 19.9 Å². The van der Waals surface area contributed by atoms with Gasteiger partial charge in [0.15, 0.2) is 11.6 Å². The molecule has 0 fully saturated rings. The fourth-order valence-electron chi connectivity index (χ4n) is 6.88. The summed E-state index contributed by atoms with van der Waals surface area (Å²) in [6, 6.07) is 6.19. The van der Waals surface area contributed by atoms with E-state index in [0.29, 0.717) is 17.5 Å². The first-order chi connectivity index (χ1) is 19.7. The van der Waals surface area contributed by atoms with Crippen molar-refractivity contribution in [2.24, 2.45) is 0 Å². The molecule has 42 heavy (non-hydrogen) atoms. The zero-order valence-electron chi connectivity index (χ0n) is 25.0. The molecule has 0 saturated carbocycles. The summed E-state index contributed by atoms with van der Waals surface area (Å²) in [4.78, 5) is 45.8. The maximum Gasteiger partial charge on any atom is 2.00 e. The molecule has 0 unspecified atom stereocenters. The molecule has 6 rings (SSSR count). The summed E-state index contributed by atoms with van der Waals surface area (Å²) in [6.07, 6.45) is 2.75. The third kappa shape index (κ3) is 4.69. The molecule has 5 heterocycles. The van der Waals surface area contributed by atoms with Gasteiger partial charge < -0.3 is 15.1 Å². The van der Waals surface area contributed by atoms with Gasteiger partial charge in [-0.15, -0.1) is 22.1 Å². The second-order valence-electron chi connectivity index (χ2n) is 11.6. The van der Waals surface area contributed by atoms with Crippen molar-refractivity contribution < 1.29 is 31.2 Å². The van der Waals surface area contributed by atoms with Crippen LogP contribution in [-0.4, -0.2) is 33.2 Å². The molecule has 8 bridgehead atoms. The molecule has 0 spiro atoms. The summed E-state index contributed by atoms with van der Waals surface area (Å²) in [6.45, 7) is 12.1. The van der Waals surface area contributed by atoms with Gasteiger partial charge >= 0.3 is 16.5 Å². The molecule has 3 aromatic heterocycles. The monoisotopic (exact) mass is 606 g/mol. The number of aliphatic hydroxyl groups is 1. The van der Waals surface area contributed by atoms with Crippen LogP contribution in [0.25, 0.3) is 33.2 Å². The Morgan fingerprint density at radius 2 is 1.69 bits per heavy atom. The second-order valence-corrected chi connectivity index (χ2v) is 11.6. The van der Waals surface area contributed by atoms with E-state index in [2.05, 4.69) is 46.8 Å². The van der Waals surface area contributed by atoms with Crippen molar-refractivity contribution in [3.8, 4) is 0 Å². The van der Waals surface area contributed by atoms with Crippen LogP contribution >= 0.6 is 0 Å². The second kappa shape index (κ2) is 11.4. The van der Waals surface area contributed by atoms with E-state index in [9.17, 15) is 14.7 Å². The van der Waals surface area contributed by atoms with Gasteiger partial charge in [-0.2, -0.15) is 0 Å². The fourth-order valence-corrected chi connectivity index (χ4v) is 6.88. The first-order valence-corrected chi connectivity index (χ1v) is 14.7. The molecule has 2 aliphatic heterocycles. The van der Waals surface area contributed by atoms with Gasteiger partial charge in [-0.3, -0.25) is 14.6 Å². The standard InChI is InChI=1S/C34H37N4O3.Ni/c1-7-21-16(3)25-12-27-18(5)23(10-9-20(40)15-39)33(37-27)24-11-31(41)32-19(6)28(38-34(24)32)14-30-22(8-2)17(4)26(36-30)13-29(21)35-25;/h12-14,18,23,39H,7-11,15H2,1-6H3,(H-,35,36,37,38,41);/q-1;+2/p-1/t18-,23-;/m0./s1. The van der Waals surface area contributed by atoms with Crippen LogP contribution in [0.15, 0.2) is 18.2 Å². The van der Waals surface area contributed by atoms with Gasteiger partial charge in [0.2, 0.25) is 0 Å². The Balaban J connectivity index is 0.00000353. The number of allylic oxidation sites excluding steroid dienone is 2. The molecule has 8 heteroatoms. The van der Waals surface area contributed by atoms with Crippen molar-refractivity contribution >= 4 is 44.8 Å². The summed E-state index contributed by atoms with van der Waals surface area (Å²) in [5.41, 5.74) is 13.9. The van der Waals surface area contributed by atoms with Crippen LogP contribution in [0, 0.1) is 13.8 Å². The molecule has 0 aromatic carbocycles. The number of ketones is 2. The Bertz CT molecular complexity index is 1830. The van der Waals surface area contributed by atoms with E-state index >= 15 is 0 Å². The number of fused-ring (bicyclic) bond motifs is 8. The number of carbonyl (C=O) groups is 2. The van der Waals surface area contributed by atoms with E-state index in [0.717, 1.165) is 74.4 Å². The maximum atomic E-state index is 13.4. The molecule has 3 aliphatic rings. The van der Waals surface area contributed by atoms with Crippen LogP contribution in [0.1, 0.15) is 114 Å². The molecule has 1 aliphatic carbocycles. The van der Waals surface area contributed by atoms with Crippen LogP contribution in [0.4, 0.5) is 0 Å². The number of aryl methyl sites for hydroxylation is 3. The Morgan fingerprint density at radius 1 is 0.976 bits per heavy atom. The van der Waals surface area contributed by atoms with Crippen LogP contribution < -0.4 is 9.97 Å². The summed E-state index contributed by atoms with van der Waals surface area (Å²) >= 11 is 0. The zero-order valence-corrected chi connectivity index (χ0v) is 26.0. The number of Topliss-reactive ketones (excluding diaryl/α,β-unsaturated/α-hetero) is 2. The van der Waals surface area contributed by atoms with Gasteiger partial charge in [0.25, 0.3) is 0 Å². The van der Waals surface area contributed by atoms with Crippen molar-refractivity contribution in [2.45, 2.75) is 85.5 Å². The molecule has 2 atom stereocenters. The molecular weight excluding hydrogens is 571 g/mol. The normalized spacial score (nSPS) is 17.6. The zero-order chi connectivity index (χ0) is 29.2. The quantitative estimate of drug-likeness (QED) is 0.340. The maximum absolute atomic E-state index is 13.4. The SMILES string of the molecule is CCC1=C(C)c2cc3[n-]c(cc4nc(c5c6[n-]c(cc1n2)c(C)c6C(=O)C5)[C@@H](CCC(=O)CO)[C@@H]4C)c(C)c3CC.[Ni+2]. The predicted octanol–water partition coefficient (Wildman–Crippen LogP) is 6.06. The van der Waals surface area contributed by atoms with E-state index in [1.54, 1.807) is 0 Å². The van der Waals surface area contributed by atoms with Crippen LogP contribution in [0.2, 0.25) is 0 Å². The molecule has 3 aromatic rings. The Morgan fingerprint density at radius 3 is 2.38 bits per heavy atom. The molecule has 0 radical (unpaired) electrons. The molecule has 0 amide bonds. The number of hydrogen-bond acceptors (Lipinski definition) is 5. The summed E-state index contributed by atoms with van der Waals surface area (Å²) in [7, 11) is 0. The number of aliphatic hydroxyl groups excluding tert-OH is 1. The number of carbonyl (C=O) groups excluding carboxylic acids is 2. The van der Waals surface area contributed by atoms with Crippen LogP contribution in [-0.2, 0) is 34.1 Å². The fraction of sp³-hybridized carbons (Fsp3) is 0.412. The number of aromatic nitrogens is 4. The first-order valence-electron chi connectivity index (χ1n) is 14.7. The molecular formula is C34H36N4NiO3. The predicted molar refractivity (Wildman–Crippen MR) is 161 cm³/mol. The topological polar surface area (TPSA) is 108 Å². The summed E-state index contributed by atoms with van der Waals surface area (Å²) in [5, 5.41) is 9.38. The van der Waals surface area contributed by atoms with Crippen LogP contribution in [0.3, 0.4) is 0 Å². The molecule has 1 N–H and O–H groups in total. The average molecular weight is 607 g/mol. The first kappa shape index (κ1) is 30.1. The minimum atomic E-state index is -0.468. The van der Waals surface area contributed by atoms with E-state index in [1.807, 2.05) is 13.0 Å². The Kier molecular flexibility index (Phi) is 8.17. The Hall–Kier alpha value is -3.35. The minimum Gasteiger partial charge on any atom is -0.657 e. The summed E-state index contributed by atoms with van der Waals surface area (Å²) < 4.78 is 0. The van der Waals surface area contributed by atoms with Crippen molar-refractivity contribution in [3.63, 3.8) is 0 Å². The van der Waals surface area contributed by atoms with Gasteiger partial charge in [-0.25, -0.2) is 4.98 Å². The number of hydrogen-bond donors (Lipinski definition) is 1. The van der Waals surface area contributed by atoms with Crippen molar-refractivity contribution in [1.29, 1.82) is 0 Å². The van der Waals surface area contributed by atoms with Crippen molar-refractivity contribution in [2.75, 3.05) is 6.61 Å². The largest absolute Gasteiger partial charge is 2.00 e. The number of rotatable bonds is 6. The Labute approximate surface area is 256 Å². The average Bonchev–Trinajstić information content (AvgIpc) is 3.70. The number of nitrogens with zero attached hydrogens (tertiary/aromatic N) is 4. The van der Waals surface area contributed by atoms with Gasteiger partial charge in [0.05, 0.1) is 11.4 Å². The van der Waals surface area contributed by atoms with Gasteiger partial charge in [-0.05, 0) is 56.7 Å². The van der Waals surface area contributed by atoms with Gasteiger partial charge in [0, 0.05) is 41.6 Å². The van der Waals surface area contributed by atoms with Gasteiger partial charge in [0.1, 0.15) is 6.61 Å². The van der Waals surface area contributed by atoms with E-state index in [4.69, 9.17) is 19.9 Å². The molecule has 220 valence electrons. The summed E-state index contributed by atoms with van der Waals surface area (Å²) in [5.74, 6) is -0.182. The minimum absolute atomic E-state index is 0. The molecule has 0 saturated heterocycles. The third-order valence-corrected chi connectivity index (χ3v) is 9.33. The van der Waals surface area contributed by atoms with Crippen LogP contribution in [0.5, 0.6) is 0 Å². The van der Waals surface area contributed by atoms with E-state index in [-0.39, 0.29) is 52.7 Å². The van der Waals surface area contributed by atoms with Gasteiger partial charge in [-0.1, -0.05) is 55.7 Å². The van der Waals surface area contributed by atoms with E-state index in [1.165, 1.54) is 11.1 Å². The third-order valence-electron chi connectivity index (χ3n) is 9.33. The van der Waals surface area contributed by atoms with Crippen molar-refractivity contribution in [3.05, 3.63) is 68.8 Å². The molecule has 7 nitrogen and oxygen atoms in total. The smallest absolute Gasteiger partial charge is 0.657 e. The van der Waals surface area contributed by atoms with E-state index < -0.39 is 6.61 Å².